The van der Waals surface area contributed by atoms with Crippen LogP contribution in [0.5, 0.6) is 11.5 Å². The zero-order chi connectivity index (χ0) is 19.9. The van der Waals surface area contributed by atoms with Gasteiger partial charge in [0.15, 0.2) is 11.5 Å². The first-order valence-corrected chi connectivity index (χ1v) is 10.5. The van der Waals surface area contributed by atoms with Gasteiger partial charge in [-0.05, 0) is 62.8 Å². The van der Waals surface area contributed by atoms with Crippen LogP contribution in [-0.4, -0.2) is 62.7 Å². The van der Waals surface area contributed by atoms with E-state index < -0.39 is 0 Å². The highest BCUT2D eigenvalue weighted by molar-refractivity contribution is 5.92. The highest BCUT2D eigenvalue weighted by atomic mass is 16.5. The molecule has 0 radical (unpaired) electrons. The van der Waals surface area contributed by atoms with Crippen LogP contribution in [0.25, 0.3) is 6.08 Å². The third-order valence-corrected chi connectivity index (χ3v) is 6.06. The number of nitrogens with zero attached hydrogens (tertiary/aromatic N) is 2. The largest absolute Gasteiger partial charge is 0.493 e. The van der Waals surface area contributed by atoms with Crippen molar-refractivity contribution in [3.63, 3.8) is 0 Å². The van der Waals surface area contributed by atoms with Gasteiger partial charge in [-0.1, -0.05) is 19.1 Å². The number of benzene rings is 1. The first-order valence-electron chi connectivity index (χ1n) is 10.5. The fraction of sp³-hybridized carbons (Fsp3) is 0.609. The van der Waals surface area contributed by atoms with Crippen molar-refractivity contribution in [2.45, 2.75) is 32.6 Å². The molecular formula is C23H34N2O3. The average molecular weight is 387 g/mol. The van der Waals surface area contributed by atoms with Crippen molar-refractivity contribution in [2.75, 3.05) is 46.9 Å². The SMILES string of the molecule is COc1cccc(/C=C\C(=O)N2CCC[C@@H](CN3CCC(C)CC3)C2)c1OC. The van der Waals surface area contributed by atoms with E-state index in [0.29, 0.717) is 17.4 Å². The maximum atomic E-state index is 12.8. The summed E-state index contributed by atoms with van der Waals surface area (Å²) in [5.74, 6) is 2.86. The average Bonchev–Trinajstić information content (AvgIpc) is 2.73. The minimum Gasteiger partial charge on any atom is -0.493 e. The van der Waals surface area contributed by atoms with Crippen molar-refractivity contribution >= 4 is 12.0 Å². The van der Waals surface area contributed by atoms with E-state index in [4.69, 9.17) is 9.47 Å². The van der Waals surface area contributed by atoms with Crippen LogP contribution in [0.1, 0.15) is 38.2 Å². The van der Waals surface area contributed by atoms with E-state index in [0.717, 1.165) is 37.5 Å². The summed E-state index contributed by atoms with van der Waals surface area (Å²) in [7, 11) is 3.24. The number of methoxy groups -OCH3 is 2. The number of ether oxygens (including phenoxy) is 2. The van der Waals surface area contributed by atoms with Crippen molar-refractivity contribution in [1.82, 2.24) is 9.80 Å². The van der Waals surface area contributed by atoms with E-state index in [1.54, 1.807) is 20.3 Å². The summed E-state index contributed by atoms with van der Waals surface area (Å²) in [4.78, 5) is 17.4. The van der Waals surface area contributed by atoms with Crippen LogP contribution >= 0.6 is 0 Å². The molecule has 0 unspecified atom stereocenters. The third-order valence-electron chi connectivity index (χ3n) is 6.06. The molecule has 0 spiro atoms. The van der Waals surface area contributed by atoms with Gasteiger partial charge in [0.2, 0.25) is 5.91 Å². The minimum atomic E-state index is 0.0850. The van der Waals surface area contributed by atoms with Gasteiger partial charge in [0.05, 0.1) is 14.2 Å². The molecule has 1 aromatic carbocycles. The van der Waals surface area contributed by atoms with Gasteiger partial charge in [0.1, 0.15) is 0 Å². The van der Waals surface area contributed by atoms with E-state index in [2.05, 4.69) is 11.8 Å². The number of carbonyl (C=O) groups excluding carboxylic acids is 1. The molecule has 1 amide bonds. The lowest BCUT2D eigenvalue weighted by Gasteiger charge is -2.37. The van der Waals surface area contributed by atoms with E-state index in [1.165, 1.54) is 32.4 Å². The van der Waals surface area contributed by atoms with Crippen LogP contribution < -0.4 is 9.47 Å². The summed E-state index contributed by atoms with van der Waals surface area (Å²) in [6.45, 7) is 7.62. The van der Waals surface area contributed by atoms with Crippen molar-refractivity contribution in [3.8, 4) is 11.5 Å². The van der Waals surface area contributed by atoms with Crippen LogP contribution in [-0.2, 0) is 4.79 Å². The number of likely N-dealkylation sites (tertiary alicyclic amines) is 2. The quantitative estimate of drug-likeness (QED) is 0.700. The predicted octanol–water partition coefficient (Wildman–Crippen LogP) is 3.69. The Bertz CT molecular complexity index is 680. The Kier molecular flexibility index (Phi) is 7.37. The second kappa shape index (κ2) is 9.97. The second-order valence-corrected chi connectivity index (χ2v) is 8.19. The fourth-order valence-corrected chi connectivity index (χ4v) is 4.33. The molecule has 1 aromatic rings. The maximum absolute atomic E-state index is 12.8. The molecule has 0 aliphatic carbocycles. The highest BCUT2D eigenvalue weighted by Crippen LogP contribution is 2.31. The monoisotopic (exact) mass is 386 g/mol. The van der Waals surface area contributed by atoms with Gasteiger partial charge in [-0.3, -0.25) is 4.79 Å². The van der Waals surface area contributed by atoms with Crippen molar-refractivity contribution in [1.29, 1.82) is 0 Å². The normalized spacial score (nSPS) is 21.8. The summed E-state index contributed by atoms with van der Waals surface area (Å²) in [5, 5.41) is 0. The van der Waals surface area contributed by atoms with E-state index in [1.807, 2.05) is 29.2 Å². The van der Waals surface area contributed by atoms with Crippen LogP contribution in [0.4, 0.5) is 0 Å². The van der Waals surface area contributed by atoms with Gasteiger partial charge >= 0.3 is 0 Å². The van der Waals surface area contributed by atoms with Crippen molar-refractivity contribution in [2.24, 2.45) is 11.8 Å². The first-order chi connectivity index (χ1) is 13.6. The second-order valence-electron chi connectivity index (χ2n) is 8.19. The lowest BCUT2D eigenvalue weighted by Crippen LogP contribution is -2.44. The number of para-hydroxylation sites is 1. The zero-order valence-corrected chi connectivity index (χ0v) is 17.5. The van der Waals surface area contributed by atoms with Crippen LogP contribution in [0.3, 0.4) is 0 Å². The smallest absolute Gasteiger partial charge is 0.246 e. The lowest BCUT2D eigenvalue weighted by atomic mass is 9.94. The topological polar surface area (TPSA) is 42.0 Å². The van der Waals surface area contributed by atoms with Gasteiger partial charge in [-0.25, -0.2) is 0 Å². The maximum Gasteiger partial charge on any atom is 0.246 e. The zero-order valence-electron chi connectivity index (χ0n) is 17.5. The molecule has 0 bridgehead atoms. The molecule has 0 N–H and O–H groups in total. The van der Waals surface area contributed by atoms with Gasteiger partial charge in [-0.2, -0.15) is 0 Å². The molecule has 5 nitrogen and oxygen atoms in total. The molecule has 2 fully saturated rings. The Labute approximate surface area is 169 Å². The Morgan fingerprint density at radius 3 is 2.64 bits per heavy atom. The summed E-state index contributed by atoms with van der Waals surface area (Å²) >= 11 is 0. The summed E-state index contributed by atoms with van der Waals surface area (Å²) in [5.41, 5.74) is 0.853. The standard InChI is InChI=1S/C23H34N2O3/c1-18-11-14-24(15-12-18)16-19-6-5-13-25(17-19)22(26)10-9-20-7-4-8-21(27-2)23(20)28-3/h4,7-10,18-19H,5-6,11-17H2,1-3H3/b10-9-/t19-/m0/s1. The summed E-state index contributed by atoms with van der Waals surface area (Å²) < 4.78 is 10.8. The lowest BCUT2D eigenvalue weighted by molar-refractivity contribution is -0.127. The number of amides is 1. The Morgan fingerprint density at radius 1 is 1.14 bits per heavy atom. The Hall–Kier alpha value is -2.01. The Morgan fingerprint density at radius 2 is 1.93 bits per heavy atom. The van der Waals surface area contributed by atoms with Crippen LogP contribution in [0, 0.1) is 11.8 Å². The molecule has 2 aliphatic heterocycles. The fourth-order valence-electron chi connectivity index (χ4n) is 4.33. The first kappa shape index (κ1) is 20.7. The van der Waals surface area contributed by atoms with Gasteiger partial charge in [0, 0.05) is 31.3 Å². The van der Waals surface area contributed by atoms with Crippen LogP contribution in [0.2, 0.25) is 0 Å². The molecule has 3 rings (SSSR count). The molecular weight excluding hydrogens is 352 g/mol. The molecule has 1 atom stereocenters. The van der Waals surface area contributed by atoms with E-state index in [-0.39, 0.29) is 5.91 Å². The van der Waals surface area contributed by atoms with Crippen molar-refractivity contribution < 1.29 is 14.3 Å². The third kappa shape index (κ3) is 5.28. The Balaban J connectivity index is 1.57. The molecule has 28 heavy (non-hydrogen) atoms. The number of piperidine rings is 2. The highest BCUT2D eigenvalue weighted by Gasteiger charge is 2.25. The number of carbonyl (C=O) groups is 1. The summed E-state index contributed by atoms with van der Waals surface area (Å²) in [6.07, 6.45) is 8.43. The minimum absolute atomic E-state index is 0.0850. The summed E-state index contributed by atoms with van der Waals surface area (Å²) in [6, 6.07) is 5.69. The molecule has 2 aliphatic rings. The molecule has 5 heteroatoms. The molecule has 2 saturated heterocycles. The van der Waals surface area contributed by atoms with Crippen molar-refractivity contribution in [3.05, 3.63) is 29.8 Å². The molecule has 2 heterocycles. The predicted molar refractivity (Wildman–Crippen MR) is 113 cm³/mol. The van der Waals surface area contributed by atoms with Gasteiger partial charge in [-0.15, -0.1) is 0 Å². The molecule has 0 saturated carbocycles. The van der Waals surface area contributed by atoms with Gasteiger partial charge in [0.25, 0.3) is 0 Å². The van der Waals surface area contributed by atoms with Gasteiger partial charge < -0.3 is 19.3 Å². The van der Waals surface area contributed by atoms with Crippen LogP contribution in [0.15, 0.2) is 24.3 Å². The molecule has 0 aromatic heterocycles. The molecule has 154 valence electrons. The van der Waals surface area contributed by atoms with E-state index in [9.17, 15) is 4.79 Å². The number of rotatable bonds is 6. The number of hydrogen-bond donors (Lipinski definition) is 0. The number of hydrogen-bond acceptors (Lipinski definition) is 4. The van der Waals surface area contributed by atoms with E-state index >= 15 is 0 Å².